The molecule has 3 heterocycles. The summed E-state index contributed by atoms with van der Waals surface area (Å²) in [7, 11) is 1.59. The number of ether oxygens (including phenoxy) is 2. The number of thiazole rings is 1. The van der Waals surface area contributed by atoms with Gasteiger partial charge in [-0.15, -0.1) is 11.3 Å². The maximum Gasteiger partial charge on any atom is 0.338 e. The highest BCUT2D eigenvalue weighted by molar-refractivity contribution is 7.11. The molecule has 0 N–H and O–H groups in total. The third-order valence-electron chi connectivity index (χ3n) is 5.60. The number of thiophene rings is 1. The minimum Gasteiger partial charge on any atom is -0.497 e. The lowest BCUT2D eigenvalue weighted by atomic mass is 9.93. The fourth-order valence-electron chi connectivity index (χ4n) is 4.07. The van der Waals surface area contributed by atoms with Crippen LogP contribution in [0.15, 0.2) is 87.5 Å². The highest BCUT2D eigenvalue weighted by Crippen LogP contribution is 2.36. The Balaban J connectivity index is 1.85. The van der Waals surface area contributed by atoms with Crippen LogP contribution in [0.3, 0.4) is 0 Å². The Kier molecular flexibility index (Phi) is 6.48. The van der Waals surface area contributed by atoms with Crippen LogP contribution >= 0.6 is 22.7 Å². The second kappa shape index (κ2) is 9.85. The van der Waals surface area contributed by atoms with Crippen molar-refractivity contribution in [3.63, 3.8) is 0 Å². The molecule has 1 unspecified atom stereocenters. The van der Waals surface area contributed by atoms with E-state index in [0.29, 0.717) is 26.4 Å². The number of fused-ring (bicyclic) bond motifs is 1. The molecule has 6 nitrogen and oxygen atoms in total. The molecule has 1 aliphatic rings. The zero-order chi connectivity index (χ0) is 24.4. The van der Waals surface area contributed by atoms with Crippen LogP contribution in [-0.2, 0) is 9.53 Å². The minimum atomic E-state index is -0.721. The molecule has 0 aliphatic carbocycles. The van der Waals surface area contributed by atoms with Gasteiger partial charge in [0.2, 0.25) is 0 Å². The monoisotopic (exact) mass is 502 g/mol. The summed E-state index contributed by atoms with van der Waals surface area (Å²) >= 11 is 2.87. The lowest BCUT2D eigenvalue weighted by molar-refractivity contribution is -0.138. The largest absolute Gasteiger partial charge is 0.497 e. The van der Waals surface area contributed by atoms with Crippen LogP contribution in [0.2, 0.25) is 0 Å². The standard InChI is InChI=1S/C27H22N2O4S2/c1-3-33-26(31)22-23(17-9-5-4-6-10-17)28-27-29(24(22)18-11-7-12-19(15-18)32-2)25(30)21(35-27)16-20-13-8-14-34-20/h4-16,24H,3H2,1-2H3. The fourth-order valence-corrected chi connectivity index (χ4v) is 5.79. The first kappa shape index (κ1) is 23.0. The van der Waals surface area contributed by atoms with Crippen molar-refractivity contribution in [3.05, 3.63) is 113 Å². The van der Waals surface area contributed by atoms with E-state index in [0.717, 1.165) is 16.0 Å². The van der Waals surface area contributed by atoms with Crippen molar-refractivity contribution in [2.24, 2.45) is 4.99 Å². The van der Waals surface area contributed by atoms with Crippen LogP contribution in [-0.4, -0.2) is 24.3 Å². The van der Waals surface area contributed by atoms with E-state index in [-0.39, 0.29) is 12.2 Å². The second-order valence-electron chi connectivity index (χ2n) is 7.72. The van der Waals surface area contributed by atoms with Gasteiger partial charge in [0.1, 0.15) is 5.75 Å². The van der Waals surface area contributed by atoms with Gasteiger partial charge in [-0.3, -0.25) is 9.36 Å². The maximum absolute atomic E-state index is 13.7. The molecule has 0 fully saturated rings. The number of carbonyl (C=O) groups excluding carboxylic acids is 1. The van der Waals surface area contributed by atoms with E-state index in [9.17, 15) is 9.59 Å². The van der Waals surface area contributed by atoms with Gasteiger partial charge < -0.3 is 9.47 Å². The molecule has 4 aromatic rings. The first-order valence-electron chi connectivity index (χ1n) is 11.1. The molecular formula is C27H22N2O4S2. The van der Waals surface area contributed by atoms with Gasteiger partial charge in [0, 0.05) is 10.4 Å². The van der Waals surface area contributed by atoms with Gasteiger partial charge in [-0.25, -0.2) is 9.79 Å². The van der Waals surface area contributed by atoms with Crippen molar-refractivity contribution in [1.82, 2.24) is 4.57 Å². The third-order valence-corrected chi connectivity index (χ3v) is 7.40. The molecule has 0 saturated heterocycles. The molecule has 0 radical (unpaired) electrons. The summed E-state index contributed by atoms with van der Waals surface area (Å²) in [5.74, 6) is 0.125. The van der Waals surface area contributed by atoms with Crippen molar-refractivity contribution < 1.29 is 14.3 Å². The minimum absolute atomic E-state index is 0.205. The molecule has 8 heteroatoms. The van der Waals surface area contributed by atoms with Crippen LogP contribution in [0, 0.1) is 0 Å². The zero-order valence-electron chi connectivity index (χ0n) is 19.1. The van der Waals surface area contributed by atoms with Crippen molar-refractivity contribution in [1.29, 1.82) is 0 Å². The number of nitrogens with zero attached hydrogens (tertiary/aromatic N) is 2. The highest BCUT2D eigenvalue weighted by atomic mass is 32.1. The summed E-state index contributed by atoms with van der Waals surface area (Å²) in [5, 5.41) is 1.97. The summed E-state index contributed by atoms with van der Waals surface area (Å²) in [5.41, 5.74) is 2.13. The molecule has 1 aliphatic heterocycles. The van der Waals surface area contributed by atoms with E-state index in [4.69, 9.17) is 14.5 Å². The maximum atomic E-state index is 13.7. The number of methoxy groups -OCH3 is 1. The summed E-state index contributed by atoms with van der Waals surface area (Å²) < 4.78 is 13.1. The number of rotatable bonds is 6. The van der Waals surface area contributed by atoms with Gasteiger partial charge >= 0.3 is 5.97 Å². The predicted molar refractivity (Wildman–Crippen MR) is 138 cm³/mol. The number of aromatic nitrogens is 1. The molecule has 1 atom stereocenters. The van der Waals surface area contributed by atoms with Crippen LogP contribution in [0.1, 0.15) is 29.0 Å². The third kappa shape index (κ3) is 4.38. The smallest absolute Gasteiger partial charge is 0.338 e. The molecular weight excluding hydrogens is 480 g/mol. The van der Waals surface area contributed by atoms with Crippen molar-refractivity contribution in [3.8, 4) is 5.75 Å². The van der Waals surface area contributed by atoms with Crippen LogP contribution < -0.4 is 19.6 Å². The van der Waals surface area contributed by atoms with Crippen molar-refractivity contribution in [2.75, 3.05) is 13.7 Å². The highest BCUT2D eigenvalue weighted by Gasteiger charge is 2.35. The number of esters is 1. The van der Waals surface area contributed by atoms with Gasteiger partial charge in [-0.1, -0.05) is 59.9 Å². The normalized spacial score (nSPS) is 15.5. The molecule has 35 heavy (non-hydrogen) atoms. The number of carbonyl (C=O) groups is 1. The van der Waals surface area contributed by atoms with Gasteiger partial charge in [0.05, 0.1) is 35.6 Å². The fraction of sp³-hybridized carbons (Fsp3) is 0.148. The molecule has 0 bridgehead atoms. The topological polar surface area (TPSA) is 69.9 Å². The zero-order valence-corrected chi connectivity index (χ0v) is 20.8. The SMILES string of the molecule is CCOC(=O)C1=C(c2ccccc2)N=c2sc(=Cc3cccs3)c(=O)n2C1c1cccc(OC)c1. The Bertz CT molecular complexity index is 1580. The Labute approximate surface area is 209 Å². The van der Waals surface area contributed by atoms with Crippen LogP contribution in [0.25, 0.3) is 11.8 Å². The quantitative estimate of drug-likeness (QED) is 0.374. The first-order chi connectivity index (χ1) is 17.1. The number of benzene rings is 2. The van der Waals surface area contributed by atoms with E-state index in [1.807, 2.05) is 78.2 Å². The van der Waals surface area contributed by atoms with E-state index in [2.05, 4.69) is 0 Å². The van der Waals surface area contributed by atoms with Gasteiger partial charge in [-0.2, -0.15) is 0 Å². The summed E-state index contributed by atoms with van der Waals surface area (Å²) in [6.45, 7) is 1.97. The number of hydrogen-bond acceptors (Lipinski definition) is 7. The molecule has 0 saturated carbocycles. The average molecular weight is 503 g/mol. The van der Waals surface area contributed by atoms with Gasteiger partial charge in [-0.05, 0) is 42.1 Å². The van der Waals surface area contributed by atoms with Crippen molar-refractivity contribution in [2.45, 2.75) is 13.0 Å². The second-order valence-corrected chi connectivity index (χ2v) is 9.71. The molecule has 0 spiro atoms. The van der Waals surface area contributed by atoms with Gasteiger partial charge in [0.25, 0.3) is 5.56 Å². The Morgan fingerprint density at radius 2 is 1.94 bits per heavy atom. The van der Waals surface area contributed by atoms with Gasteiger partial charge in [0.15, 0.2) is 4.80 Å². The molecule has 5 rings (SSSR count). The molecule has 0 amide bonds. The lowest BCUT2D eigenvalue weighted by Gasteiger charge is -2.26. The van der Waals surface area contributed by atoms with E-state index >= 15 is 0 Å². The Morgan fingerprint density at radius 3 is 2.66 bits per heavy atom. The average Bonchev–Trinajstić information content (AvgIpc) is 3.51. The Hall–Kier alpha value is -3.75. The molecule has 2 aromatic heterocycles. The first-order valence-corrected chi connectivity index (χ1v) is 12.8. The van der Waals surface area contributed by atoms with Crippen molar-refractivity contribution >= 4 is 40.4 Å². The van der Waals surface area contributed by atoms with E-state index < -0.39 is 12.0 Å². The predicted octanol–water partition coefficient (Wildman–Crippen LogP) is 4.01. The summed E-state index contributed by atoms with van der Waals surface area (Å²) in [6, 6.07) is 20.1. The summed E-state index contributed by atoms with van der Waals surface area (Å²) in [4.78, 5) is 33.5. The molecule has 176 valence electrons. The van der Waals surface area contributed by atoms with E-state index in [1.54, 1.807) is 29.9 Å². The van der Waals surface area contributed by atoms with Crippen LogP contribution in [0.5, 0.6) is 5.75 Å². The summed E-state index contributed by atoms with van der Waals surface area (Å²) in [6.07, 6.45) is 1.87. The Morgan fingerprint density at radius 1 is 1.11 bits per heavy atom. The van der Waals surface area contributed by atoms with E-state index in [1.165, 1.54) is 11.3 Å². The lowest BCUT2D eigenvalue weighted by Crippen LogP contribution is -2.40. The molecule has 2 aromatic carbocycles. The van der Waals surface area contributed by atoms with Crippen LogP contribution in [0.4, 0.5) is 0 Å². The number of hydrogen-bond donors (Lipinski definition) is 0.